The van der Waals surface area contributed by atoms with Crippen molar-refractivity contribution in [2.24, 2.45) is 7.05 Å². The number of rotatable bonds is 5. The van der Waals surface area contributed by atoms with E-state index in [1.807, 2.05) is 29.6 Å². The van der Waals surface area contributed by atoms with Crippen LogP contribution in [0, 0.1) is 11.8 Å². The number of aromatic nitrogens is 4. The summed E-state index contributed by atoms with van der Waals surface area (Å²) in [5.74, 6) is 6.52. The van der Waals surface area contributed by atoms with Crippen molar-refractivity contribution in [2.45, 2.75) is 19.5 Å². The molecule has 1 N–H and O–H groups in total. The van der Waals surface area contributed by atoms with Crippen molar-refractivity contribution < 1.29 is 5.11 Å². The summed E-state index contributed by atoms with van der Waals surface area (Å²) in [6.45, 7) is 0.352. The van der Waals surface area contributed by atoms with Gasteiger partial charge in [0.05, 0.1) is 11.4 Å². The summed E-state index contributed by atoms with van der Waals surface area (Å²) < 4.78 is 4.22. The molecule has 0 saturated heterocycles. The smallest absolute Gasteiger partial charge is 0.332 e. The molecule has 0 unspecified atom stereocenters. The maximum atomic E-state index is 13.3. The van der Waals surface area contributed by atoms with E-state index < -0.39 is 11.2 Å². The maximum Gasteiger partial charge on any atom is 0.332 e. The summed E-state index contributed by atoms with van der Waals surface area (Å²) in [5, 5.41) is 11.7. The van der Waals surface area contributed by atoms with E-state index in [2.05, 4.69) is 16.8 Å². The summed E-state index contributed by atoms with van der Waals surface area (Å²) in [7, 11) is 1.58. The Kier molecular flexibility index (Phi) is 6.09. The standard InChI is InChI=1S/C22H19ClN4O3S/c1-25-20-19(21(29)26(22(25)30)11-3-12-28)27(14-15-5-7-16(23)8-6-15)18(24-20)10-9-17-4-2-13-31-17/h2,4-8,13,28H,3,11-12,14H2,1H3. The molecule has 0 amide bonds. The molecule has 3 aromatic heterocycles. The Morgan fingerprint density at radius 1 is 1.13 bits per heavy atom. The molecule has 4 aromatic rings. The van der Waals surface area contributed by atoms with Crippen molar-refractivity contribution in [3.63, 3.8) is 0 Å². The Bertz CT molecular complexity index is 1400. The molecule has 0 saturated carbocycles. The number of nitrogens with zero attached hydrogens (tertiary/aromatic N) is 4. The number of aryl methyl sites for hydroxylation is 1. The van der Waals surface area contributed by atoms with E-state index in [1.54, 1.807) is 23.7 Å². The average Bonchev–Trinajstić information content (AvgIpc) is 3.40. The topological polar surface area (TPSA) is 82.0 Å². The predicted molar refractivity (Wildman–Crippen MR) is 122 cm³/mol. The van der Waals surface area contributed by atoms with Gasteiger partial charge in [-0.15, -0.1) is 11.3 Å². The molecule has 4 rings (SSSR count). The number of hydrogen-bond donors (Lipinski definition) is 1. The molecular weight excluding hydrogens is 436 g/mol. The van der Waals surface area contributed by atoms with Crippen LogP contribution in [0.25, 0.3) is 11.2 Å². The van der Waals surface area contributed by atoms with Gasteiger partial charge in [-0.2, -0.15) is 0 Å². The van der Waals surface area contributed by atoms with E-state index in [9.17, 15) is 9.59 Å². The van der Waals surface area contributed by atoms with Crippen LogP contribution < -0.4 is 11.2 Å². The van der Waals surface area contributed by atoms with Crippen LogP contribution in [0.15, 0.2) is 51.4 Å². The van der Waals surface area contributed by atoms with Gasteiger partial charge in [-0.3, -0.25) is 13.9 Å². The van der Waals surface area contributed by atoms with E-state index in [4.69, 9.17) is 16.7 Å². The number of thiophene rings is 1. The second-order valence-corrected chi connectivity index (χ2v) is 8.31. The van der Waals surface area contributed by atoms with Gasteiger partial charge in [0.2, 0.25) is 0 Å². The highest BCUT2D eigenvalue weighted by Gasteiger charge is 2.19. The number of aliphatic hydroxyl groups is 1. The van der Waals surface area contributed by atoms with E-state index in [1.165, 1.54) is 15.9 Å². The molecule has 0 radical (unpaired) electrons. The van der Waals surface area contributed by atoms with Crippen molar-refractivity contribution in [3.05, 3.63) is 83.9 Å². The van der Waals surface area contributed by atoms with E-state index in [0.29, 0.717) is 29.3 Å². The van der Waals surface area contributed by atoms with Gasteiger partial charge < -0.3 is 9.67 Å². The van der Waals surface area contributed by atoms with Gasteiger partial charge in [0.1, 0.15) is 0 Å². The van der Waals surface area contributed by atoms with Gasteiger partial charge in [0.25, 0.3) is 5.56 Å². The van der Waals surface area contributed by atoms with Crippen molar-refractivity contribution in [2.75, 3.05) is 6.61 Å². The van der Waals surface area contributed by atoms with Crippen LogP contribution in [0.5, 0.6) is 0 Å². The van der Waals surface area contributed by atoms with Crippen LogP contribution in [0.2, 0.25) is 5.02 Å². The lowest BCUT2D eigenvalue weighted by Gasteiger charge is -2.10. The number of imidazole rings is 1. The van der Waals surface area contributed by atoms with Gasteiger partial charge in [0, 0.05) is 25.2 Å². The third kappa shape index (κ3) is 4.21. The highest BCUT2D eigenvalue weighted by Crippen LogP contribution is 2.16. The SMILES string of the molecule is Cn1c(=O)n(CCCO)c(=O)c2c1nc(C#Cc1cccs1)n2Cc1ccc(Cl)cc1. The fraction of sp³-hybridized carbons (Fsp3) is 0.227. The van der Waals surface area contributed by atoms with Gasteiger partial charge in [-0.05, 0) is 47.4 Å². The van der Waals surface area contributed by atoms with Crippen LogP contribution in [0.1, 0.15) is 22.7 Å². The number of halogens is 1. The highest BCUT2D eigenvalue weighted by atomic mass is 35.5. The molecule has 0 aliphatic rings. The van der Waals surface area contributed by atoms with Gasteiger partial charge >= 0.3 is 5.69 Å². The second-order valence-electron chi connectivity index (χ2n) is 6.92. The molecule has 3 heterocycles. The first-order valence-electron chi connectivity index (χ1n) is 9.60. The Labute approximate surface area is 186 Å². The maximum absolute atomic E-state index is 13.3. The summed E-state index contributed by atoms with van der Waals surface area (Å²) in [5.41, 5.74) is 0.570. The monoisotopic (exact) mass is 454 g/mol. The molecule has 9 heteroatoms. The normalized spacial score (nSPS) is 10.9. The molecular formula is C22H19ClN4O3S. The largest absolute Gasteiger partial charge is 0.396 e. The fourth-order valence-electron chi connectivity index (χ4n) is 3.29. The van der Waals surface area contributed by atoms with Crippen LogP contribution in [0.4, 0.5) is 0 Å². The number of hydrogen-bond acceptors (Lipinski definition) is 5. The molecule has 7 nitrogen and oxygen atoms in total. The Balaban J connectivity index is 1.95. The van der Waals surface area contributed by atoms with E-state index >= 15 is 0 Å². The average molecular weight is 455 g/mol. The van der Waals surface area contributed by atoms with Gasteiger partial charge in [-0.25, -0.2) is 9.78 Å². The first-order valence-corrected chi connectivity index (χ1v) is 10.9. The molecule has 1 aromatic carbocycles. The molecule has 0 spiro atoms. The Morgan fingerprint density at radius 3 is 2.58 bits per heavy atom. The fourth-order valence-corrected chi connectivity index (χ4v) is 3.98. The molecule has 0 aliphatic heterocycles. The quantitative estimate of drug-likeness (QED) is 0.469. The lowest BCUT2D eigenvalue weighted by molar-refractivity contribution is 0.277. The minimum Gasteiger partial charge on any atom is -0.396 e. The first-order chi connectivity index (χ1) is 15.0. The minimum atomic E-state index is -0.472. The summed E-state index contributed by atoms with van der Waals surface area (Å²) in [4.78, 5) is 31.4. The molecule has 0 bridgehead atoms. The molecule has 158 valence electrons. The van der Waals surface area contributed by atoms with Crippen LogP contribution in [-0.2, 0) is 20.1 Å². The molecule has 0 aliphatic carbocycles. The molecule has 31 heavy (non-hydrogen) atoms. The van der Waals surface area contributed by atoms with Crippen molar-refractivity contribution in [1.82, 2.24) is 18.7 Å². The second kappa shape index (κ2) is 8.94. The predicted octanol–water partition coefficient (Wildman–Crippen LogP) is 2.44. The third-order valence-corrected chi connectivity index (χ3v) is 5.88. The van der Waals surface area contributed by atoms with Crippen molar-refractivity contribution in [1.29, 1.82) is 0 Å². The highest BCUT2D eigenvalue weighted by molar-refractivity contribution is 7.10. The number of benzene rings is 1. The van der Waals surface area contributed by atoms with Crippen molar-refractivity contribution >= 4 is 34.1 Å². The summed E-state index contributed by atoms with van der Waals surface area (Å²) in [6, 6.07) is 11.1. The van der Waals surface area contributed by atoms with Crippen LogP contribution in [0.3, 0.4) is 0 Å². The lowest BCUT2D eigenvalue weighted by atomic mass is 10.2. The lowest BCUT2D eigenvalue weighted by Crippen LogP contribution is -2.40. The zero-order chi connectivity index (χ0) is 22.0. The minimum absolute atomic E-state index is 0.116. The van der Waals surface area contributed by atoms with Gasteiger partial charge in [-0.1, -0.05) is 29.8 Å². The van der Waals surface area contributed by atoms with Gasteiger partial charge in [0.15, 0.2) is 17.0 Å². The van der Waals surface area contributed by atoms with Crippen molar-refractivity contribution in [3.8, 4) is 11.8 Å². The van der Waals surface area contributed by atoms with Crippen LogP contribution in [-0.4, -0.2) is 30.4 Å². The third-order valence-electron chi connectivity index (χ3n) is 4.84. The summed E-state index contributed by atoms with van der Waals surface area (Å²) >= 11 is 7.52. The van der Waals surface area contributed by atoms with E-state index in [0.717, 1.165) is 15.0 Å². The van der Waals surface area contributed by atoms with E-state index in [-0.39, 0.29) is 18.8 Å². The molecule has 0 fully saturated rings. The Morgan fingerprint density at radius 2 is 1.90 bits per heavy atom. The zero-order valence-electron chi connectivity index (χ0n) is 16.7. The number of aliphatic hydroxyl groups excluding tert-OH is 1. The summed E-state index contributed by atoms with van der Waals surface area (Å²) in [6.07, 6.45) is 0.303. The zero-order valence-corrected chi connectivity index (χ0v) is 18.3. The Hall–Kier alpha value is -3.12. The number of fused-ring (bicyclic) bond motifs is 1. The molecule has 0 atom stereocenters. The first kappa shape index (κ1) is 21.1. The van der Waals surface area contributed by atoms with Crippen LogP contribution >= 0.6 is 22.9 Å².